The molecule has 0 aliphatic heterocycles. The lowest BCUT2D eigenvalue weighted by atomic mass is 10.2. The van der Waals surface area contributed by atoms with Crippen molar-refractivity contribution >= 4 is 0 Å². The number of aliphatic hydroxyl groups is 1. The molecule has 2 N–H and O–H groups in total. The second kappa shape index (κ2) is 7.39. The van der Waals surface area contributed by atoms with Crippen LogP contribution in [0.1, 0.15) is 6.42 Å². The summed E-state index contributed by atoms with van der Waals surface area (Å²) in [5.74, 6) is 0. The van der Waals surface area contributed by atoms with Gasteiger partial charge in [0, 0.05) is 19.8 Å². The van der Waals surface area contributed by atoms with Crippen molar-refractivity contribution in [2.45, 2.75) is 18.9 Å². The number of hydrogen-bond acceptors (Lipinski definition) is 3. The summed E-state index contributed by atoms with van der Waals surface area (Å²) in [6.45, 7) is -0.0361. The average molecular weight is 183 g/mol. The van der Waals surface area contributed by atoms with E-state index < -0.39 is 6.43 Å². The number of hydrogen-bond donors (Lipinski definition) is 2. The maximum Gasteiger partial charge on any atom is 0.250 e. The molecule has 0 aromatic carbocycles. The highest BCUT2D eigenvalue weighted by atomic mass is 19.3. The molecular weight excluding hydrogens is 168 g/mol. The first kappa shape index (κ1) is 11.7. The molecule has 1 unspecified atom stereocenters. The highest BCUT2D eigenvalue weighted by Crippen LogP contribution is 1.94. The SMILES string of the molecule is COCC(CCO)NCC(F)F. The Morgan fingerprint density at radius 3 is 2.58 bits per heavy atom. The molecule has 0 bridgehead atoms. The standard InChI is InChI=1S/C7H15F2NO2/c1-12-5-6(2-3-11)10-4-7(8)9/h6-7,10-11H,2-5H2,1H3. The van der Waals surface area contributed by atoms with Gasteiger partial charge in [0.1, 0.15) is 0 Å². The fourth-order valence-electron chi connectivity index (χ4n) is 0.857. The predicted molar refractivity (Wildman–Crippen MR) is 41.4 cm³/mol. The van der Waals surface area contributed by atoms with Crippen LogP contribution in [0.3, 0.4) is 0 Å². The summed E-state index contributed by atoms with van der Waals surface area (Å²) in [5, 5.41) is 11.1. The molecule has 12 heavy (non-hydrogen) atoms. The van der Waals surface area contributed by atoms with E-state index in [0.29, 0.717) is 13.0 Å². The largest absolute Gasteiger partial charge is 0.396 e. The van der Waals surface area contributed by atoms with Crippen LogP contribution < -0.4 is 5.32 Å². The molecule has 0 aliphatic rings. The number of ether oxygens (including phenoxy) is 1. The van der Waals surface area contributed by atoms with Gasteiger partial charge in [-0.2, -0.15) is 0 Å². The minimum Gasteiger partial charge on any atom is -0.396 e. The molecule has 0 saturated carbocycles. The zero-order valence-electron chi connectivity index (χ0n) is 7.09. The lowest BCUT2D eigenvalue weighted by Gasteiger charge is -2.15. The summed E-state index contributed by atoms with van der Waals surface area (Å²) in [7, 11) is 1.49. The minimum absolute atomic E-state index is 0.0235. The van der Waals surface area contributed by atoms with E-state index in [9.17, 15) is 8.78 Å². The van der Waals surface area contributed by atoms with E-state index >= 15 is 0 Å². The first-order chi connectivity index (χ1) is 5.70. The molecular formula is C7H15F2NO2. The summed E-state index contributed by atoms with van der Waals surface area (Å²) < 4.78 is 28.2. The quantitative estimate of drug-likeness (QED) is 0.594. The summed E-state index contributed by atoms with van der Waals surface area (Å²) >= 11 is 0. The Labute approximate surface area is 70.7 Å². The monoisotopic (exact) mass is 183 g/mol. The van der Waals surface area contributed by atoms with Crippen LogP contribution in [0.15, 0.2) is 0 Å². The molecule has 0 saturated heterocycles. The molecule has 74 valence electrons. The normalized spacial score (nSPS) is 13.8. The van der Waals surface area contributed by atoms with Crippen molar-refractivity contribution < 1.29 is 18.6 Å². The Balaban J connectivity index is 3.48. The van der Waals surface area contributed by atoms with Gasteiger partial charge in [-0.1, -0.05) is 0 Å². The highest BCUT2D eigenvalue weighted by Gasteiger charge is 2.09. The second-order valence-electron chi connectivity index (χ2n) is 2.46. The minimum atomic E-state index is -2.36. The number of alkyl halides is 2. The molecule has 5 heteroatoms. The summed E-state index contributed by atoms with van der Waals surface area (Å²) in [6.07, 6.45) is -1.93. The van der Waals surface area contributed by atoms with Gasteiger partial charge >= 0.3 is 0 Å². The zero-order chi connectivity index (χ0) is 9.40. The van der Waals surface area contributed by atoms with Crippen LogP contribution in [0, 0.1) is 0 Å². The van der Waals surface area contributed by atoms with Crippen LogP contribution in [-0.4, -0.2) is 44.4 Å². The van der Waals surface area contributed by atoms with Gasteiger partial charge in [-0.3, -0.25) is 0 Å². The Morgan fingerprint density at radius 1 is 1.50 bits per heavy atom. The first-order valence-electron chi connectivity index (χ1n) is 3.82. The van der Waals surface area contributed by atoms with Gasteiger partial charge in [0.15, 0.2) is 0 Å². The van der Waals surface area contributed by atoms with E-state index in [1.54, 1.807) is 0 Å². The van der Waals surface area contributed by atoms with Crippen LogP contribution in [0.5, 0.6) is 0 Å². The van der Waals surface area contributed by atoms with Gasteiger partial charge < -0.3 is 15.2 Å². The molecule has 0 heterocycles. The fraction of sp³-hybridized carbons (Fsp3) is 1.00. The van der Waals surface area contributed by atoms with Crippen molar-refractivity contribution in [3.05, 3.63) is 0 Å². The molecule has 0 aliphatic carbocycles. The molecule has 0 aromatic rings. The summed E-state index contributed by atoms with van der Waals surface area (Å²) in [4.78, 5) is 0. The number of methoxy groups -OCH3 is 1. The number of halogens is 2. The van der Waals surface area contributed by atoms with E-state index in [1.165, 1.54) is 7.11 Å². The Morgan fingerprint density at radius 2 is 2.17 bits per heavy atom. The third kappa shape index (κ3) is 6.45. The van der Waals surface area contributed by atoms with Gasteiger partial charge in [-0.05, 0) is 6.42 Å². The van der Waals surface area contributed by atoms with E-state index in [1.807, 2.05) is 0 Å². The van der Waals surface area contributed by atoms with Gasteiger partial charge in [0.05, 0.1) is 13.2 Å². The Bertz CT molecular complexity index is 97.4. The van der Waals surface area contributed by atoms with Gasteiger partial charge in [-0.25, -0.2) is 8.78 Å². The first-order valence-corrected chi connectivity index (χ1v) is 3.82. The fourth-order valence-corrected chi connectivity index (χ4v) is 0.857. The van der Waals surface area contributed by atoms with Crippen LogP contribution in [0.2, 0.25) is 0 Å². The third-order valence-corrected chi connectivity index (χ3v) is 1.41. The maximum absolute atomic E-state index is 11.7. The second-order valence-corrected chi connectivity index (χ2v) is 2.46. The van der Waals surface area contributed by atoms with Crippen molar-refractivity contribution in [3.8, 4) is 0 Å². The molecule has 0 spiro atoms. The van der Waals surface area contributed by atoms with Crippen molar-refractivity contribution in [2.75, 3.05) is 26.9 Å². The predicted octanol–water partition coefficient (Wildman–Crippen LogP) is 0.239. The average Bonchev–Trinajstić information content (AvgIpc) is 2.01. The molecule has 0 fully saturated rings. The van der Waals surface area contributed by atoms with E-state index in [4.69, 9.17) is 9.84 Å². The van der Waals surface area contributed by atoms with Gasteiger partial charge in [-0.15, -0.1) is 0 Å². The van der Waals surface area contributed by atoms with Crippen LogP contribution >= 0.6 is 0 Å². The van der Waals surface area contributed by atoms with Gasteiger partial charge in [0.25, 0.3) is 6.43 Å². The number of aliphatic hydroxyl groups excluding tert-OH is 1. The zero-order valence-corrected chi connectivity index (χ0v) is 7.09. The lowest BCUT2D eigenvalue weighted by Crippen LogP contribution is -2.37. The summed E-state index contributed by atoms with van der Waals surface area (Å²) in [5.41, 5.74) is 0. The van der Waals surface area contributed by atoms with Crippen LogP contribution in [-0.2, 0) is 4.74 Å². The number of rotatable bonds is 7. The highest BCUT2D eigenvalue weighted by molar-refractivity contribution is 4.65. The maximum atomic E-state index is 11.7. The van der Waals surface area contributed by atoms with E-state index in [2.05, 4.69) is 5.32 Å². The molecule has 0 radical (unpaired) electrons. The van der Waals surface area contributed by atoms with Crippen LogP contribution in [0.25, 0.3) is 0 Å². The van der Waals surface area contributed by atoms with Gasteiger partial charge in [0.2, 0.25) is 0 Å². The van der Waals surface area contributed by atoms with E-state index in [-0.39, 0.29) is 19.2 Å². The van der Waals surface area contributed by atoms with Crippen LogP contribution in [0.4, 0.5) is 8.78 Å². The topological polar surface area (TPSA) is 41.5 Å². The summed E-state index contributed by atoms with van der Waals surface area (Å²) in [6, 6.07) is -0.186. The Hall–Kier alpha value is -0.260. The van der Waals surface area contributed by atoms with Crippen molar-refractivity contribution in [1.82, 2.24) is 5.32 Å². The van der Waals surface area contributed by atoms with Crippen molar-refractivity contribution in [1.29, 1.82) is 0 Å². The molecule has 0 amide bonds. The van der Waals surface area contributed by atoms with E-state index in [0.717, 1.165) is 0 Å². The van der Waals surface area contributed by atoms with Crippen molar-refractivity contribution in [3.63, 3.8) is 0 Å². The van der Waals surface area contributed by atoms with Crippen molar-refractivity contribution in [2.24, 2.45) is 0 Å². The molecule has 1 atom stereocenters. The number of nitrogens with one attached hydrogen (secondary N) is 1. The third-order valence-electron chi connectivity index (χ3n) is 1.41. The molecule has 0 aromatic heterocycles. The Kier molecular flexibility index (Phi) is 7.23. The molecule has 0 rings (SSSR count). The molecule has 3 nitrogen and oxygen atoms in total. The lowest BCUT2D eigenvalue weighted by molar-refractivity contribution is 0.113. The smallest absolute Gasteiger partial charge is 0.250 e.